The van der Waals surface area contributed by atoms with Crippen molar-refractivity contribution in [2.45, 2.75) is 45.1 Å². The molecule has 1 aliphatic rings. The normalized spacial score (nSPS) is 23.1. The fourth-order valence-corrected chi connectivity index (χ4v) is 2.93. The standard InChI is InChI=1S/C16H23BrN2O/c1-12-3-2-4-14(8-5-12)18-11-16(20)19-15-9-6-13(17)7-10-15/h6-7,9-10,12,14,18H,2-5,8,11H2,1H3,(H,19,20). The van der Waals surface area contributed by atoms with E-state index < -0.39 is 0 Å². The molecule has 0 aliphatic heterocycles. The number of amides is 1. The first kappa shape index (κ1) is 15.5. The molecule has 0 saturated heterocycles. The number of anilines is 1. The van der Waals surface area contributed by atoms with Crippen molar-refractivity contribution in [1.82, 2.24) is 5.32 Å². The summed E-state index contributed by atoms with van der Waals surface area (Å²) in [7, 11) is 0. The Hall–Kier alpha value is -0.870. The van der Waals surface area contributed by atoms with E-state index in [0.29, 0.717) is 12.6 Å². The molecule has 1 aliphatic carbocycles. The van der Waals surface area contributed by atoms with Gasteiger partial charge in [-0.3, -0.25) is 4.79 Å². The van der Waals surface area contributed by atoms with Crippen LogP contribution in [0.15, 0.2) is 28.7 Å². The summed E-state index contributed by atoms with van der Waals surface area (Å²) >= 11 is 3.38. The molecule has 1 amide bonds. The second-order valence-electron chi connectivity index (χ2n) is 5.75. The summed E-state index contributed by atoms with van der Waals surface area (Å²) in [6.45, 7) is 2.72. The number of carbonyl (C=O) groups is 1. The van der Waals surface area contributed by atoms with Crippen LogP contribution in [0, 0.1) is 5.92 Å². The predicted molar refractivity (Wildman–Crippen MR) is 86.8 cm³/mol. The Morgan fingerprint density at radius 1 is 1.20 bits per heavy atom. The number of rotatable bonds is 4. The number of nitrogens with one attached hydrogen (secondary N) is 2. The maximum atomic E-state index is 11.9. The van der Waals surface area contributed by atoms with Gasteiger partial charge in [-0.2, -0.15) is 0 Å². The lowest BCUT2D eigenvalue weighted by Gasteiger charge is -2.16. The molecule has 0 heterocycles. The van der Waals surface area contributed by atoms with E-state index in [0.717, 1.165) is 16.1 Å². The molecule has 0 spiro atoms. The van der Waals surface area contributed by atoms with Crippen molar-refractivity contribution in [3.8, 4) is 0 Å². The highest BCUT2D eigenvalue weighted by Crippen LogP contribution is 2.22. The molecule has 2 N–H and O–H groups in total. The van der Waals surface area contributed by atoms with E-state index in [-0.39, 0.29) is 5.91 Å². The van der Waals surface area contributed by atoms with Crippen LogP contribution in [-0.4, -0.2) is 18.5 Å². The molecular formula is C16H23BrN2O. The van der Waals surface area contributed by atoms with Crippen LogP contribution in [-0.2, 0) is 4.79 Å². The molecule has 1 aromatic carbocycles. The Kier molecular flexibility index (Phi) is 6.05. The van der Waals surface area contributed by atoms with Gasteiger partial charge in [0.15, 0.2) is 0 Å². The summed E-state index contributed by atoms with van der Waals surface area (Å²) in [5.41, 5.74) is 0.842. The molecule has 2 unspecified atom stereocenters. The number of benzene rings is 1. The van der Waals surface area contributed by atoms with Crippen LogP contribution in [0.5, 0.6) is 0 Å². The maximum absolute atomic E-state index is 11.9. The third-order valence-corrected chi connectivity index (χ3v) is 4.47. The third-order valence-electron chi connectivity index (χ3n) is 3.94. The van der Waals surface area contributed by atoms with E-state index in [4.69, 9.17) is 0 Å². The largest absolute Gasteiger partial charge is 0.325 e. The molecule has 3 nitrogen and oxygen atoms in total. The Balaban J connectivity index is 1.73. The minimum Gasteiger partial charge on any atom is -0.325 e. The molecule has 0 bridgehead atoms. The van der Waals surface area contributed by atoms with Gasteiger partial charge in [-0.25, -0.2) is 0 Å². The molecule has 0 aromatic heterocycles. The van der Waals surface area contributed by atoms with E-state index in [1.54, 1.807) is 0 Å². The second-order valence-corrected chi connectivity index (χ2v) is 6.66. The lowest BCUT2D eigenvalue weighted by atomic mass is 10.0. The van der Waals surface area contributed by atoms with Crippen LogP contribution < -0.4 is 10.6 Å². The van der Waals surface area contributed by atoms with Crippen LogP contribution in [0.3, 0.4) is 0 Å². The summed E-state index contributed by atoms with van der Waals surface area (Å²) in [5.74, 6) is 0.864. The number of hydrogen-bond donors (Lipinski definition) is 2. The zero-order valence-corrected chi connectivity index (χ0v) is 13.6. The van der Waals surface area contributed by atoms with Crippen molar-refractivity contribution in [2.24, 2.45) is 5.92 Å². The summed E-state index contributed by atoms with van der Waals surface area (Å²) in [5, 5.41) is 6.30. The molecular weight excluding hydrogens is 316 g/mol. The van der Waals surface area contributed by atoms with Gasteiger partial charge in [-0.1, -0.05) is 35.7 Å². The van der Waals surface area contributed by atoms with Gasteiger partial charge in [0.05, 0.1) is 6.54 Å². The van der Waals surface area contributed by atoms with E-state index in [1.807, 2.05) is 24.3 Å². The minimum atomic E-state index is 0.0321. The fourth-order valence-electron chi connectivity index (χ4n) is 2.67. The van der Waals surface area contributed by atoms with Crippen LogP contribution in [0.2, 0.25) is 0 Å². The van der Waals surface area contributed by atoms with Crippen molar-refractivity contribution in [3.63, 3.8) is 0 Å². The smallest absolute Gasteiger partial charge is 0.238 e. The number of carbonyl (C=O) groups excluding carboxylic acids is 1. The van der Waals surface area contributed by atoms with Gasteiger partial charge in [-0.15, -0.1) is 0 Å². The molecule has 20 heavy (non-hydrogen) atoms. The molecule has 1 saturated carbocycles. The molecule has 1 fully saturated rings. The number of halogens is 1. The van der Waals surface area contributed by atoms with Crippen LogP contribution >= 0.6 is 15.9 Å². The lowest BCUT2D eigenvalue weighted by Crippen LogP contribution is -2.35. The van der Waals surface area contributed by atoms with Crippen molar-refractivity contribution in [1.29, 1.82) is 0 Å². The van der Waals surface area contributed by atoms with Crippen LogP contribution in [0.4, 0.5) is 5.69 Å². The average molecular weight is 339 g/mol. The Bertz CT molecular complexity index is 433. The van der Waals surface area contributed by atoms with Crippen molar-refractivity contribution < 1.29 is 4.79 Å². The highest BCUT2D eigenvalue weighted by Gasteiger charge is 2.16. The molecule has 2 atom stereocenters. The quantitative estimate of drug-likeness (QED) is 0.816. The van der Waals surface area contributed by atoms with Crippen molar-refractivity contribution in [2.75, 3.05) is 11.9 Å². The van der Waals surface area contributed by atoms with E-state index in [2.05, 4.69) is 33.5 Å². The van der Waals surface area contributed by atoms with Gasteiger partial charge in [0, 0.05) is 16.2 Å². The highest BCUT2D eigenvalue weighted by molar-refractivity contribution is 9.10. The molecule has 4 heteroatoms. The fraction of sp³-hybridized carbons (Fsp3) is 0.562. The Morgan fingerprint density at radius 3 is 2.70 bits per heavy atom. The maximum Gasteiger partial charge on any atom is 0.238 e. The van der Waals surface area contributed by atoms with Gasteiger partial charge in [0.25, 0.3) is 0 Å². The van der Waals surface area contributed by atoms with Crippen LogP contribution in [0.1, 0.15) is 39.0 Å². The third kappa shape index (κ3) is 5.25. The first-order chi connectivity index (χ1) is 9.63. The molecule has 1 aromatic rings. The zero-order chi connectivity index (χ0) is 14.4. The van der Waals surface area contributed by atoms with E-state index >= 15 is 0 Å². The summed E-state index contributed by atoms with van der Waals surface area (Å²) in [4.78, 5) is 11.9. The summed E-state index contributed by atoms with van der Waals surface area (Å²) in [6, 6.07) is 8.14. The lowest BCUT2D eigenvalue weighted by molar-refractivity contribution is -0.115. The Labute approximate surface area is 129 Å². The SMILES string of the molecule is CC1CCCC(NCC(=O)Nc2ccc(Br)cc2)CC1. The topological polar surface area (TPSA) is 41.1 Å². The van der Waals surface area contributed by atoms with Gasteiger partial charge in [-0.05, 0) is 49.4 Å². The van der Waals surface area contributed by atoms with E-state index in [1.165, 1.54) is 32.1 Å². The second kappa shape index (κ2) is 7.79. The summed E-state index contributed by atoms with van der Waals surface area (Å²) in [6.07, 6.45) is 6.24. The highest BCUT2D eigenvalue weighted by atomic mass is 79.9. The van der Waals surface area contributed by atoms with Crippen molar-refractivity contribution >= 4 is 27.5 Å². The van der Waals surface area contributed by atoms with Crippen LogP contribution in [0.25, 0.3) is 0 Å². The monoisotopic (exact) mass is 338 g/mol. The first-order valence-corrected chi connectivity index (χ1v) is 8.21. The van der Waals surface area contributed by atoms with Gasteiger partial charge < -0.3 is 10.6 Å². The number of hydrogen-bond acceptors (Lipinski definition) is 2. The molecule has 110 valence electrons. The first-order valence-electron chi connectivity index (χ1n) is 7.42. The molecule has 2 rings (SSSR count). The van der Waals surface area contributed by atoms with E-state index in [9.17, 15) is 4.79 Å². The minimum absolute atomic E-state index is 0.0321. The average Bonchev–Trinajstić information content (AvgIpc) is 2.64. The van der Waals surface area contributed by atoms with Gasteiger partial charge in [0.1, 0.15) is 0 Å². The van der Waals surface area contributed by atoms with Crippen molar-refractivity contribution in [3.05, 3.63) is 28.7 Å². The van der Waals surface area contributed by atoms with Gasteiger partial charge >= 0.3 is 0 Å². The molecule has 0 radical (unpaired) electrons. The Morgan fingerprint density at radius 2 is 1.95 bits per heavy atom. The predicted octanol–water partition coefficient (Wildman–Crippen LogP) is 3.95. The van der Waals surface area contributed by atoms with Gasteiger partial charge in [0.2, 0.25) is 5.91 Å². The summed E-state index contributed by atoms with van der Waals surface area (Å²) < 4.78 is 1.01. The zero-order valence-electron chi connectivity index (χ0n) is 12.0.